The molecule has 0 bridgehead atoms. The normalized spacial score (nSPS) is 10.5. The molecular formula is C16H12ClN3S. The van der Waals surface area contributed by atoms with Crippen LogP contribution in [-0.2, 0) is 0 Å². The first-order valence-corrected chi connectivity index (χ1v) is 7.14. The number of para-hydroxylation sites is 1. The largest absolute Gasteiger partial charge is 0.389 e. The van der Waals surface area contributed by atoms with Gasteiger partial charge in [-0.05, 0) is 30.3 Å². The van der Waals surface area contributed by atoms with E-state index in [9.17, 15) is 0 Å². The Hall–Kier alpha value is -2.17. The highest BCUT2D eigenvalue weighted by Crippen LogP contribution is 2.28. The molecule has 3 rings (SSSR count). The van der Waals surface area contributed by atoms with Crippen LogP contribution in [0.3, 0.4) is 0 Å². The molecule has 21 heavy (non-hydrogen) atoms. The Labute approximate surface area is 132 Å². The first-order chi connectivity index (χ1) is 10.1. The minimum Gasteiger partial charge on any atom is -0.389 e. The molecule has 0 aliphatic heterocycles. The van der Waals surface area contributed by atoms with Crippen LogP contribution in [0.2, 0.25) is 5.02 Å². The average Bonchev–Trinajstić information content (AvgIpc) is 2.47. The smallest absolute Gasteiger partial charge is 0.106 e. The summed E-state index contributed by atoms with van der Waals surface area (Å²) in [5.41, 5.74) is 9.05. The average molecular weight is 314 g/mol. The number of anilines is 2. The molecule has 0 saturated carbocycles. The van der Waals surface area contributed by atoms with Crippen molar-refractivity contribution in [2.45, 2.75) is 0 Å². The predicted molar refractivity (Wildman–Crippen MR) is 92.4 cm³/mol. The van der Waals surface area contributed by atoms with Gasteiger partial charge in [0.05, 0.1) is 16.9 Å². The summed E-state index contributed by atoms with van der Waals surface area (Å²) in [6, 6.07) is 15.2. The summed E-state index contributed by atoms with van der Waals surface area (Å²) in [5, 5.41) is 5.00. The molecule has 1 heterocycles. The lowest BCUT2D eigenvalue weighted by Crippen LogP contribution is -2.12. The van der Waals surface area contributed by atoms with Crippen molar-refractivity contribution < 1.29 is 0 Å². The van der Waals surface area contributed by atoms with Crippen LogP contribution in [0.15, 0.2) is 54.7 Å². The van der Waals surface area contributed by atoms with Gasteiger partial charge in [-0.3, -0.25) is 4.98 Å². The molecule has 0 radical (unpaired) electrons. The van der Waals surface area contributed by atoms with Gasteiger partial charge in [-0.2, -0.15) is 0 Å². The van der Waals surface area contributed by atoms with Crippen LogP contribution < -0.4 is 11.1 Å². The SMILES string of the molecule is NC(=S)c1ccc(Cl)cc1Nc1cccc2cccnc12. The monoisotopic (exact) mass is 313 g/mol. The fourth-order valence-electron chi connectivity index (χ4n) is 2.18. The van der Waals surface area contributed by atoms with E-state index in [1.165, 1.54) is 0 Å². The third-order valence-corrected chi connectivity index (χ3v) is 3.60. The van der Waals surface area contributed by atoms with Crippen LogP contribution in [0.1, 0.15) is 5.56 Å². The molecule has 3 N–H and O–H groups in total. The molecule has 0 aliphatic carbocycles. The van der Waals surface area contributed by atoms with Gasteiger partial charge in [0.2, 0.25) is 0 Å². The lowest BCUT2D eigenvalue weighted by atomic mass is 10.1. The summed E-state index contributed by atoms with van der Waals surface area (Å²) in [6.45, 7) is 0. The molecule has 0 amide bonds. The number of pyridine rings is 1. The van der Waals surface area contributed by atoms with Crippen LogP contribution in [0.25, 0.3) is 10.9 Å². The van der Waals surface area contributed by atoms with E-state index in [1.807, 2.05) is 36.4 Å². The Balaban J connectivity index is 2.11. The molecule has 0 saturated heterocycles. The fourth-order valence-corrected chi connectivity index (χ4v) is 2.54. The molecule has 0 unspecified atom stereocenters. The minimum absolute atomic E-state index is 0.322. The van der Waals surface area contributed by atoms with Crippen molar-refractivity contribution in [2.24, 2.45) is 5.73 Å². The van der Waals surface area contributed by atoms with E-state index in [2.05, 4.69) is 10.3 Å². The molecular weight excluding hydrogens is 302 g/mol. The van der Waals surface area contributed by atoms with Crippen molar-refractivity contribution in [3.05, 3.63) is 65.3 Å². The van der Waals surface area contributed by atoms with E-state index in [0.29, 0.717) is 10.0 Å². The van der Waals surface area contributed by atoms with Gasteiger partial charge in [-0.15, -0.1) is 0 Å². The van der Waals surface area contributed by atoms with Gasteiger partial charge in [-0.25, -0.2) is 0 Å². The van der Waals surface area contributed by atoms with E-state index in [1.54, 1.807) is 18.3 Å². The summed E-state index contributed by atoms with van der Waals surface area (Å²) >= 11 is 11.2. The van der Waals surface area contributed by atoms with Crippen LogP contribution in [0, 0.1) is 0 Å². The molecule has 3 aromatic rings. The Bertz CT molecular complexity index is 827. The van der Waals surface area contributed by atoms with E-state index in [0.717, 1.165) is 27.8 Å². The minimum atomic E-state index is 0.322. The van der Waals surface area contributed by atoms with Crippen molar-refractivity contribution >= 4 is 51.1 Å². The molecule has 2 aromatic carbocycles. The van der Waals surface area contributed by atoms with Crippen LogP contribution in [-0.4, -0.2) is 9.97 Å². The van der Waals surface area contributed by atoms with Crippen LogP contribution >= 0.6 is 23.8 Å². The summed E-state index contributed by atoms with van der Waals surface area (Å²) in [4.78, 5) is 4.74. The molecule has 0 spiro atoms. The molecule has 5 heteroatoms. The van der Waals surface area contributed by atoms with Gasteiger partial charge < -0.3 is 11.1 Å². The summed E-state index contributed by atoms with van der Waals surface area (Å²) < 4.78 is 0. The first kappa shape index (κ1) is 13.8. The highest BCUT2D eigenvalue weighted by atomic mass is 35.5. The van der Waals surface area contributed by atoms with Crippen molar-refractivity contribution in [3.8, 4) is 0 Å². The Morgan fingerprint density at radius 1 is 1.10 bits per heavy atom. The van der Waals surface area contributed by atoms with E-state index >= 15 is 0 Å². The quantitative estimate of drug-likeness (QED) is 0.709. The number of fused-ring (bicyclic) bond motifs is 1. The molecule has 104 valence electrons. The summed E-state index contributed by atoms with van der Waals surface area (Å²) in [5.74, 6) is 0. The molecule has 3 nitrogen and oxygen atoms in total. The Morgan fingerprint density at radius 3 is 2.71 bits per heavy atom. The number of nitrogens with two attached hydrogens (primary N) is 1. The van der Waals surface area contributed by atoms with Gasteiger partial charge in [0.25, 0.3) is 0 Å². The number of hydrogen-bond donors (Lipinski definition) is 2. The number of hydrogen-bond acceptors (Lipinski definition) is 3. The number of nitrogens with one attached hydrogen (secondary N) is 1. The fraction of sp³-hybridized carbons (Fsp3) is 0. The second kappa shape index (κ2) is 5.68. The van der Waals surface area contributed by atoms with Crippen molar-refractivity contribution in [3.63, 3.8) is 0 Å². The molecule has 0 fully saturated rings. The third-order valence-electron chi connectivity index (χ3n) is 3.15. The topological polar surface area (TPSA) is 50.9 Å². The number of nitrogens with zero attached hydrogens (tertiary/aromatic N) is 1. The zero-order chi connectivity index (χ0) is 14.8. The lowest BCUT2D eigenvalue weighted by molar-refractivity contribution is 1.40. The zero-order valence-electron chi connectivity index (χ0n) is 11.0. The summed E-state index contributed by atoms with van der Waals surface area (Å²) in [7, 11) is 0. The maximum absolute atomic E-state index is 6.07. The van der Waals surface area contributed by atoms with E-state index in [4.69, 9.17) is 29.6 Å². The van der Waals surface area contributed by atoms with E-state index in [-0.39, 0.29) is 0 Å². The van der Waals surface area contributed by atoms with Crippen molar-refractivity contribution in [1.29, 1.82) is 0 Å². The molecule has 1 aromatic heterocycles. The number of halogens is 1. The first-order valence-electron chi connectivity index (χ1n) is 6.35. The Kier molecular flexibility index (Phi) is 3.73. The number of benzene rings is 2. The number of aromatic nitrogens is 1. The van der Waals surface area contributed by atoms with Gasteiger partial charge >= 0.3 is 0 Å². The van der Waals surface area contributed by atoms with Crippen LogP contribution in [0.5, 0.6) is 0 Å². The highest BCUT2D eigenvalue weighted by Gasteiger charge is 2.08. The second-order valence-electron chi connectivity index (χ2n) is 4.56. The van der Waals surface area contributed by atoms with Crippen molar-refractivity contribution in [2.75, 3.05) is 5.32 Å². The van der Waals surface area contributed by atoms with Gasteiger partial charge in [0.15, 0.2) is 0 Å². The number of rotatable bonds is 3. The lowest BCUT2D eigenvalue weighted by Gasteiger charge is -2.13. The van der Waals surface area contributed by atoms with E-state index < -0.39 is 0 Å². The second-order valence-corrected chi connectivity index (χ2v) is 5.44. The predicted octanol–water partition coefficient (Wildman–Crippen LogP) is 4.27. The van der Waals surface area contributed by atoms with Gasteiger partial charge in [-0.1, -0.05) is 42.0 Å². The third kappa shape index (κ3) is 2.82. The van der Waals surface area contributed by atoms with Gasteiger partial charge in [0.1, 0.15) is 4.99 Å². The molecule has 0 aliphatic rings. The molecule has 0 atom stereocenters. The van der Waals surface area contributed by atoms with Crippen molar-refractivity contribution in [1.82, 2.24) is 4.98 Å². The van der Waals surface area contributed by atoms with Crippen LogP contribution in [0.4, 0.5) is 11.4 Å². The van der Waals surface area contributed by atoms with Gasteiger partial charge in [0, 0.05) is 22.2 Å². The number of thiocarbonyl (C=S) groups is 1. The maximum Gasteiger partial charge on any atom is 0.106 e. The standard InChI is InChI=1S/C16H12ClN3S/c17-11-6-7-12(16(18)21)14(9-11)20-13-5-1-3-10-4-2-8-19-15(10)13/h1-9,20H,(H2,18,21). The summed E-state index contributed by atoms with van der Waals surface area (Å²) in [6.07, 6.45) is 1.76. The highest BCUT2D eigenvalue weighted by molar-refractivity contribution is 7.80. The Morgan fingerprint density at radius 2 is 1.90 bits per heavy atom. The maximum atomic E-state index is 6.07. The zero-order valence-corrected chi connectivity index (χ0v) is 12.6.